The number of nitriles is 5. The summed E-state index contributed by atoms with van der Waals surface area (Å²) < 4.78 is 0. The first-order valence-electron chi connectivity index (χ1n) is 4.93. The fourth-order valence-corrected chi connectivity index (χ4v) is 1.16. The topological polar surface area (TPSA) is 177 Å². The zero-order chi connectivity index (χ0) is 15.2. The van der Waals surface area contributed by atoms with Gasteiger partial charge in [0.05, 0.1) is 6.61 Å². The number of nitrogens with zero attached hydrogens (tertiary/aromatic N) is 5. The molecular weight excluding hydrogens is 290 g/mol. The summed E-state index contributed by atoms with van der Waals surface area (Å²) in [7, 11) is 0. The van der Waals surface area contributed by atoms with Gasteiger partial charge >= 0.3 is 62.9 Å². The minimum absolute atomic E-state index is 0.213. The van der Waals surface area contributed by atoms with E-state index in [-0.39, 0.29) is 6.61 Å². The molecule has 0 aliphatic rings. The third kappa shape index (κ3) is 5.82. The van der Waals surface area contributed by atoms with Crippen molar-refractivity contribution in [3.8, 4) is 24.8 Å². The van der Waals surface area contributed by atoms with Crippen LogP contribution in [-0.4, -0.2) is 31.3 Å². The minimum Gasteiger partial charge on any atom is -0.395 e. The molecule has 0 amide bonds. The van der Waals surface area contributed by atoms with Crippen molar-refractivity contribution in [2.45, 2.75) is 6.42 Å². The molecule has 0 atom stereocenters. The molecule has 0 aromatic carbocycles. The van der Waals surface area contributed by atoms with E-state index in [2.05, 4.69) is 5.32 Å². The molecule has 19 heavy (non-hydrogen) atoms. The number of aliphatic hydroxyl groups is 1. The number of rotatable bonds is 5. The smallest absolute Gasteiger partial charge is 0.0555 e. The van der Waals surface area contributed by atoms with Gasteiger partial charge in [-0.25, -0.2) is 0 Å². The number of nitrogens with two attached hydrogens (primary N) is 1. The Balaban J connectivity index is 0. The van der Waals surface area contributed by atoms with Gasteiger partial charge in [0.15, 0.2) is 0 Å². The SMILES string of the molecule is N#[C][Fe]([C]#N)([C]#N)([C]#N)[C]#N.NCCCNCCO. The Kier molecular flexibility index (Phi) is 9.94. The summed E-state index contributed by atoms with van der Waals surface area (Å²) in [5.41, 5.74) is 5.21. The van der Waals surface area contributed by atoms with Crippen LogP contribution in [-0.2, 0) is 11.8 Å². The van der Waals surface area contributed by atoms with Crippen molar-refractivity contribution < 1.29 is 16.9 Å². The molecular formula is C10H14FeN7O. The van der Waals surface area contributed by atoms with Crippen LogP contribution >= 0.6 is 0 Å². The Morgan fingerprint density at radius 2 is 1.32 bits per heavy atom. The van der Waals surface area contributed by atoms with E-state index in [1.165, 1.54) is 24.8 Å². The standard InChI is InChI=1S/C5H14N2O.5CN.Fe/c6-2-1-3-7-4-5-8;5*1-2;/h7-8H,1-6H2;;;;;;. The molecule has 0 aliphatic heterocycles. The first-order valence-corrected chi connectivity index (χ1v) is 7.69. The quantitative estimate of drug-likeness (QED) is 0.427. The fourth-order valence-electron chi connectivity index (χ4n) is 0.608. The molecule has 0 aromatic rings. The van der Waals surface area contributed by atoms with Crippen molar-refractivity contribution >= 4 is 0 Å². The third-order valence-corrected chi connectivity index (χ3v) is 4.11. The van der Waals surface area contributed by atoms with Crippen LogP contribution < -0.4 is 11.1 Å². The first-order chi connectivity index (χ1) is 9.03. The van der Waals surface area contributed by atoms with Crippen LogP contribution in [0.5, 0.6) is 0 Å². The van der Waals surface area contributed by atoms with Crippen molar-refractivity contribution in [3.63, 3.8) is 0 Å². The molecule has 103 valence electrons. The second-order valence-corrected chi connectivity index (χ2v) is 6.89. The van der Waals surface area contributed by atoms with Gasteiger partial charge in [0.25, 0.3) is 0 Å². The van der Waals surface area contributed by atoms with Gasteiger partial charge < -0.3 is 16.2 Å². The first kappa shape index (κ1) is 19.2. The normalized spacial score (nSPS) is 10.7. The van der Waals surface area contributed by atoms with E-state index in [4.69, 9.17) is 37.1 Å². The van der Waals surface area contributed by atoms with Crippen LogP contribution in [0.2, 0.25) is 0 Å². The van der Waals surface area contributed by atoms with Gasteiger partial charge in [-0.15, -0.1) is 0 Å². The summed E-state index contributed by atoms with van der Waals surface area (Å²) in [6.07, 6.45) is 0.986. The van der Waals surface area contributed by atoms with Crippen LogP contribution in [0.15, 0.2) is 0 Å². The van der Waals surface area contributed by atoms with Crippen LogP contribution in [0, 0.1) is 51.1 Å². The number of nitrogens with one attached hydrogen (secondary N) is 1. The molecule has 0 saturated heterocycles. The Bertz CT molecular complexity index is 380. The Labute approximate surface area is 112 Å². The second kappa shape index (κ2) is 9.84. The monoisotopic (exact) mass is 304 g/mol. The zero-order valence-corrected chi connectivity index (χ0v) is 11.3. The summed E-state index contributed by atoms with van der Waals surface area (Å²) in [5.74, 6) is 0. The van der Waals surface area contributed by atoms with Crippen LogP contribution in [0.3, 0.4) is 0 Å². The van der Waals surface area contributed by atoms with E-state index in [1.807, 2.05) is 0 Å². The maximum atomic E-state index is 8.35. The maximum Gasteiger partial charge on any atom is 0.0555 e. The van der Waals surface area contributed by atoms with Crippen LogP contribution in [0.1, 0.15) is 6.42 Å². The Morgan fingerprint density at radius 3 is 1.53 bits per heavy atom. The number of aliphatic hydroxyl groups excluding tert-OH is 1. The molecule has 0 fully saturated rings. The molecule has 0 heterocycles. The molecule has 9 heteroatoms. The third-order valence-electron chi connectivity index (χ3n) is 1.64. The summed E-state index contributed by atoms with van der Waals surface area (Å²) in [6.45, 7) is 2.53. The summed E-state index contributed by atoms with van der Waals surface area (Å²) in [6, 6.07) is 0. The van der Waals surface area contributed by atoms with E-state index in [0.29, 0.717) is 6.54 Å². The van der Waals surface area contributed by atoms with Gasteiger partial charge in [-0.1, -0.05) is 0 Å². The van der Waals surface area contributed by atoms with Crippen LogP contribution in [0.4, 0.5) is 0 Å². The summed E-state index contributed by atoms with van der Waals surface area (Å²) in [4.78, 5) is 6.12. The predicted octanol–water partition coefficient (Wildman–Crippen LogP) is -1.00. The molecule has 0 unspecified atom stereocenters. The average Bonchev–Trinajstić information content (AvgIpc) is 2.49. The van der Waals surface area contributed by atoms with E-state index >= 15 is 0 Å². The van der Waals surface area contributed by atoms with Gasteiger partial charge in [-0.2, -0.15) is 0 Å². The summed E-state index contributed by atoms with van der Waals surface area (Å²) in [5, 5.41) is 53.0. The predicted molar refractivity (Wildman–Crippen MR) is 61.7 cm³/mol. The zero-order valence-electron chi connectivity index (χ0n) is 10.1. The van der Waals surface area contributed by atoms with Crippen molar-refractivity contribution in [2.24, 2.45) is 5.73 Å². The molecule has 0 spiro atoms. The maximum absolute atomic E-state index is 8.35. The van der Waals surface area contributed by atoms with Gasteiger partial charge in [0.2, 0.25) is 0 Å². The molecule has 0 aromatic heterocycles. The van der Waals surface area contributed by atoms with E-state index in [0.717, 1.165) is 19.5 Å². The van der Waals surface area contributed by atoms with E-state index in [1.54, 1.807) is 0 Å². The molecule has 8 nitrogen and oxygen atoms in total. The van der Waals surface area contributed by atoms with Crippen LogP contribution in [0.25, 0.3) is 0 Å². The van der Waals surface area contributed by atoms with Crippen molar-refractivity contribution in [1.29, 1.82) is 26.3 Å². The largest absolute Gasteiger partial charge is 0.395 e. The van der Waals surface area contributed by atoms with Gasteiger partial charge in [0.1, 0.15) is 0 Å². The summed E-state index contributed by atoms with van der Waals surface area (Å²) >= 11 is -4.78. The molecule has 0 radical (unpaired) electrons. The van der Waals surface area contributed by atoms with Gasteiger partial charge in [-0.05, 0) is 19.5 Å². The molecule has 0 bridgehead atoms. The van der Waals surface area contributed by atoms with Crippen molar-refractivity contribution in [2.75, 3.05) is 26.2 Å². The minimum atomic E-state index is -4.78. The Hall–Kier alpha value is -2.15. The number of hydrogen-bond donors (Lipinski definition) is 3. The average molecular weight is 304 g/mol. The van der Waals surface area contributed by atoms with Crippen molar-refractivity contribution in [3.05, 3.63) is 0 Å². The van der Waals surface area contributed by atoms with Gasteiger partial charge in [-0.3, -0.25) is 0 Å². The van der Waals surface area contributed by atoms with E-state index in [9.17, 15) is 0 Å². The molecule has 4 N–H and O–H groups in total. The fraction of sp³-hybridized carbons (Fsp3) is 0.500. The van der Waals surface area contributed by atoms with Gasteiger partial charge in [0, 0.05) is 6.54 Å². The molecule has 0 saturated carbocycles. The molecule has 0 rings (SSSR count). The molecule has 0 aliphatic carbocycles. The Morgan fingerprint density at radius 1 is 0.895 bits per heavy atom. The number of hydrogen-bond acceptors (Lipinski definition) is 8. The van der Waals surface area contributed by atoms with E-state index < -0.39 is 11.8 Å². The van der Waals surface area contributed by atoms with Crippen molar-refractivity contribution in [1.82, 2.24) is 5.32 Å². The second-order valence-electron chi connectivity index (χ2n) is 2.90.